The Morgan fingerprint density at radius 3 is 2.44 bits per heavy atom. The summed E-state index contributed by atoms with van der Waals surface area (Å²) in [6.45, 7) is -0.0846. The van der Waals surface area contributed by atoms with Gasteiger partial charge in [-0.1, -0.05) is 18.2 Å². The Morgan fingerprint density at radius 2 is 1.94 bits per heavy atom. The average molecular weight is 234 g/mol. The first-order valence-corrected chi connectivity index (χ1v) is 4.59. The van der Waals surface area contributed by atoms with E-state index in [1.165, 1.54) is 12.2 Å². The molecule has 0 saturated heterocycles. The predicted molar refractivity (Wildman–Crippen MR) is 52.1 cm³/mol. The molecule has 5 heteroatoms. The Balaban J connectivity index is 2.92. The standard InChI is InChI=1S/C11H10F4O/c12-10-7-9(11(13,14)15)5-4-8(10)3-1-2-6-16/h1,3-5,7,16H,2,6H2. The van der Waals surface area contributed by atoms with Crippen LogP contribution in [0.1, 0.15) is 17.5 Å². The predicted octanol–water partition coefficient (Wildman–Crippen LogP) is 3.24. The van der Waals surface area contributed by atoms with E-state index in [-0.39, 0.29) is 12.2 Å². The third kappa shape index (κ3) is 3.34. The lowest BCUT2D eigenvalue weighted by molar-refractivity contribution is -0.137. The number of aliphatic hydroxyl groups excluding tert-OH is 1. The maximum atomic E-state index is 13.2. The van der Waals surface area contributed by atoms with E-state index in [9.17, 15) is 17.6 Å². The number of aliphatic hydroxyl groups is 1. The Hall–Kier alpha value is -1.36. The van der Waals surface area contributed by atoms with E-state index in [0.717, 1.165) is 12.1 Å². The van der Waals surface area contributed by atoms with Gasteiger partial charge < -0.3 is 5.11 Å². The van der Waals surface area contributed by atoms with Gasteiger partial charge in [-0.3, -0.25) is 0 Å². The van der Waals surface area contributed by atoms with Crippen LogP contribution in [-0.4, -0.2) is 11.7 Å². The van der Waals surface area contributed by atoms with E-state index in [1.807, 2.05) is 0 Å². The van der Waals surface area contributed by atoms with Crippen molar-refractivity contribution < 1.29 is 22.7 Å². The quantitative estimate of drug-likeness (QED) is 0.796. The summed E-state index contributed by atoms with van der Waals surface area (Å²) in [6, 6.07) is 2.34. The van der Waals surface area contributed by atoms with Crippen LogP contribution in [0.15, 0.2) is 24.3 Å². The summed E-state index contributed by atoms with van der Waals surface area (Å²) in [4.78, 5) is 0. The third-order valence-corrected chi connectivity index (χ3v) is 1.92. The Labute approximate surface area is 90.0 Å². The van der Waals surface area contributed by atoms with Crippen molar-refractivity contribution in [2.45, 2.75) is 12.6 Å². The highest BCUT2D eigenvalue weighted by Gasteiger charge is 2.30. The van der Waals surface area contributed by atoms with Gasteiger partial charge in [-0.25, -0.2) is 4.39 Å². The summed E-state index contributed by atoms with van der Waals surface area (Å²) in [5.74, 6) is -0.927. The fourth-order valence-electron chi connectivity index (χ4n) is 1.12. The second kappa shape index (κ2) is 5.12. The van der Waals surface area contributed by atoms with Crippen LogP contribution in [0.25, 0.3) is 6.08 Å². The molecular weight excluding hydrogens is 224 g/mol. The molecule has 0 radical (unpaired) electrons. The first-order valence-electron chi connectivity index (χ1n) is 4.59. The van der Waals surface area contributed by atoms with Crippen molar-refractivity contribution in [2.24, 2.45) is 0 Å². The van der Waals surface area contributed by atoms with Gasteiger partial charge in [0, 0.05) is 12.2 Å². The molecule has 0 aliphatic carbocycles. The van der Waals surface area contributed by atoms with Gasteiger partial charge in [0.25, 0.3) is 0 Å². The van der Waals surface area contributed by atoms with Crippen molar-refractivity contribution in [1.29, 1.82) is 0 Å². The monoisotopic (exact) mass is 234 g/mol. The zero-order chi connectivity index (χ0) is 12.2. The van der Waals surface area contributed by atoms with Gasteiger partial charge in [-0.15, -0.1) is 0 Å². The van der Waals surface area contributed by atoms with Crippen LogP contribution in [0.3, 0.4) is 0 Å². The molecule has 16 heavy (non-hydrogen) atoms. The minimum atomic E-state index is -4.53. The Morgan fingerprint density at radius 1 is 1.25 bits per heavy atom. The van der Waals surface area contributed by atoms with E-state index in [1.54, 1.807) is 0 Å². The van der Waals surface area contributed by atoms with Crippen LogP contribution in [0.2, 0.25) is 0 Å². The minimum absolute atomic E-state index is 0.0708. The van der Waals surface area contributed by atoms with Crippen molar-refractivity contribution in [2.75, 3.05) is 6.61 Å². The van der Waals surface area contributed by atoms with Crippen molar-refractivity contribution in [3.05, 3.63) is 41.2 Å². The van der Waals surface area contributed by atoms with E-state index < -0.39 is 17.6 Å². The lowest BCUT2D eigenvalue weighted by Gasteiger charge is -2.07. The zero-order valence-electron chi connectivity index (χ0n) is 8.26. The summed E-state index contributed by atoms with van der Waals surface area (Å²) in [6.07, 6.45) is -1.37. The smallest absolute Gasteiger partial charge is 0.396 e. The largest absolute Gasteiger partial charge is 0.416 e. The molecule has 0 fully saturated rings. The lowest BCUT2D eigenvalue weighted by Crippen LogP contribution is -2.05. The topological polar surface area (TPSA) is 20.2 Å². The molecule has 1 rings (SSSR count). The Kier molecular flexibility index (Phi) is 4.06. The van der Waals surface area contributed by atoms with Gasteiger partial charge in [0.2, 0.25) is 0 Å². The highest BCUT2D eigenvalue weighted by atomic mass is 19.4. The zero-order valence-corrected chi connectivity index (χ0v) is 8.26. The van der Waals surface area contributed by atoms with Gasteiger partial charge in [0.15, 0.2) is 0 Å². The molecular formula is C11H10F4O. The highest BCUT2D eigenvalue weighted by molar-refractivity contribution is 5.50. The number of hydrogen-bond donors (Lipinski definition) is 1. The minimum Gasteiger partial charge on any atom is -0.396 e. The molecule has 0 heterocycles. The second-order valence-corrected chi connectivity index (χ2v) is 3.15. The normalized spacial score (nSPS) is 12.3. The fraction of sp³-hybridized carbons (Fsp3) is 0.273. The summed E-state index contributed by atoms with van der Waals surface area (Å²) >= 11 is 0. The van der Waals surface area contributed by atoms with Crippen LogP contribution in [0.5, 0.6) is 0 Å². The molecule has 1 nitrogen and oxygen atoms in total. The molecule has 88 valence electrons. The molecule has 0 saturated carbocycles. The molecule has 0 spiro atoms. The van der Waals surface area contributed by atoms with Gasteiger partial charge in [-0.05, 0) is 18.6 Å². The van der Waals surface area contributed by atoms with Crippen LogP contribution >= 0.6 is 0 Å². The molecule has 0 aromatic heterocycles. The number of benzene rings is 1. The number of hydrogen-bond acceptors (Lipinski definition) is 1. The van der Waals surface area contributed by atoms with Crippen molar-refractivity contribution in [3.63, 3.8) is 0 Å². The number of halogens is 4. The van der Waals surface area contributed by atoms with E-state index in [2.05, 4.69) is 0 Å². The van der Waals surface area contributed by atoms with Crippen molar-refractivity contribution in [1.82, 2.24) is 0 Å². The maximum Gasteiger partial charge on any atom is 0.416 e. The summed E-state index contributed by atoms with van der Waals surface area (Å²) < 4.78 is 49.8. The second-order valence-electron chi connectivity index (χ2n) is 3.15. The summed E-state index contributed by atoms with van der Waals surface area (Å²) in [7, 11) is 0. The first-order chi connectivity index (χ1) is 7.45. The van der Waals surface area contributed by atoms with E-state index in [4.69, 9.17) is 5.11 Å². The molecule has 0 amide bonds. The average Bonchev–Trinajstić information content (AvgIpc) is 2.19. The van der Waals surface area contributed by atoms with E-state index >= 15 is 0 Å². The Bertz CT molecular complexity index is 382. The number of rotatable bonds is 3. The number of alkyl halides is 3. The van der Waals surface area contributed by atoms with Crippen LogP contribution in [0.4, 0.5) is 17.6 Å². The molecule has 0 unspecified atom stereocenters. The van der Waals surface area contributed by atoms with E-state index in [0.29, 0.717) is 12.5 Å². The molecule has 0 atom stereocenters. The van der Waals surface area contributed by atoms with Crippen LogP contribution in [-0.2, 0) is 6.18 Å². The molecule has 1 aromatic carbocycles. The molecule has 0 aliphatic rings. The van der Waals surface area contributed by atoms with Gasteiger partial charge in [0.05, 0.1) is 5.56 Å². The highest BCUT2D eigenvalue weighted by Crippen LogP contribution is 2.30. The molecule has 1 aromatic rings. The molecule has 1 N–H and O–H groups in total. The summed E-state index contributed by atoms with van der Waals surface area (Å²) in [5, 5.41) is 8.47. The van der Waals surface area contributed by atoms with Gasteiger partial charge in [0.1, 0.15) is 5.82 Å². The summed E-state index contributed by atoms with van der Waals surface area (Å²) in [5.41, 5.74) is -0.939. The fourth-order valence-corrected chi connectivity index (χ4v) is 1.12. The third-order valence-electron chi connectivity index (χ3n) is 1.92. The van der Waals surface area contributed by atoms with Crippen LogP contribution < -0.4 is 0 Å². The molecule has 0 aliphatic heterocycles. The van der Waals surface area contributed by atoms with Gasteiger partial charge >= 0.3 is 6.18 Å². The first kappa shape index (κ1) is 12.7. The van der Waals surface area contributed by atoms with Gasteiger partial charge in [-0.2, -0.15) is 13.2 Å². The molecule has 0 bridgehead atoms. The lowest BCUT2D eigenvalue weighted by atomic mass is 10.1. The SMILES string of the molecule is OCCC=Cc1ccc(C(F)(F)F)cc1F. The van der Waals surface area contributed by atoms with Crippen LogP contribution in [0, 0.1) is 5.82 Å². The maximum absolute atomic E-state index is 13.2. The van der Waals surface area contributed by atoms with Crippen molar-refractivity contribution in [3.8, 4) is 0 Å². The van der Waals surface area contributed by atoms with Crippen molar-refractivity contribution >= 4 is 6.08 Å².